The van der Waals surface area contributed by atoms with E-state index in [2.05, 4.69) is 27.7 Å². The fourth-order valence-corrected chi connectivity index (χ4v) is 2.42. The second-order valence-electron chi connectivity index (χ2n) is 4.31. The van der Waals surface area contributed by atoms with E-state index in [1.54, 1.807) is 0 Å². The molecule has 2 nitrogen and oxygen atoms in total. The van der Waals surface area contributed by atoms with Crippen LogP contribution in [0.2, 0.25) is 0 Å². The normalized spacial score (nSPS) is 17.6. The first-order valence-corrected chi connectivity index (χ1v) is 6.50. The van der Waals surface area contributed by atoms with Crippen molar-refractivity contribution in [1.82, 2.24) is 5.43 Å². The van der Waals surface area contributed by atoms with Gasteiger partial charge in [0, 0.05) is 5.56 Å². The lowest BCUT2D eigenvalue weighted by atomic mass is 9.95. The van der Waals surface area contributed by atoms with Crippen molar-refractivity contribution in [2.75, 3.05) is 0 Å². The summed E-state index contributed by atoms with van der Waals surface area (Å²) in [6.45, 7) is 0. The van der Waals surface area contributed by atoms with Gasteiger partial charge in [0.1, 0.15) is 11.8 Å². The van der Waals surface area contributed by atoms with E-state index in [1.807, 2.05) is 48.5 Å². The van der Waals surface area contributed by atoms with E-state index >= 15 is 0 Å². The maximum absolute atomic E-state index is 5.06. The first-order valence-electron chi connectivity index (χ1n) is 6.09. The predicted octanol–water partition coefficient (Wildman–Crippen LogP) is 3.26. The van der Waals surface area contributed by atoms with Gasteiger partial charge < -0.3 is 0 Å². The number of nitrogens with one attached hydrogen (secondary N) is 1. The molecule has 0 amide bonds. The highest BCUT2D eigenvalue weighted by Gasteiger charge is 2.27. The molecule has 0 saturated carbocycles. The Labute approximate surface area is 117 Å². The van der Waals surface area contributed by atoms with E-state index in [1.165, 1.54) is 0 Å². The Morgan fingerprint density at radius 3 is 2.21 bits per heavy atom. The molecule has 92 valence electrons. The van der Waals surface area contributed by atoms with Gasteiger partial charge in [0.25, 0.3) is 0 Å². The zero-order chi connectivity index (χ0) is 13.1. The van der Waals surface area contributed by atoms with E-state index in [9.17, 15) is 0 Å². The Morgan fingerprint density at radius 2 is 1.58 bits per heavy atom. The number of hydrazone groups is 1. The molecule has 19 heavy (non-hydrogen) atoms. The smallest absolute Gasteiger partial charge is 0.104 e. The van der Waals surface area contributed by atoms with Gasteiger partial charge in [-0.3, -0.25) is 5.43 Å². The molecule has 1 N–H and O–H groups in total. The van der Waals surface area contributed by atoms with Crippen LogP contribution in [0.25, 0.3) is 0 Å². The van der Waals surface area contributed by atoms with Crippen LogP contribution in [-0.2, 0) is 0 Å². The lowest BCUT2D eigenvalue weighted by molar-refractivity contribution is 0.682. The Bertz CT molecular complexity index is 656. The van der Waals surface area contributed by atoms with Crippen molar-refractivity contribution >= 4 is 23.0 Å². The third-order valence-corrected chi connectivity index (χ3v) is 3.36. The average molecular weight is 264 g/mol. The molecule has 1 atom stereocenters. The Kier molecular flexibility index (Phi) is 3.23. The van der Waals surface area contributed by atoms with Crippen LogP contribution in [0.1, 0.15) is 17.2 Å². The molecule has 1 aliphatic heterocycles. The third-order valence-electron chi connectivity index (χ3n) is 3.14. The number of rotatable bonds is 2. The third kappa shape index (κ3) is 2.22. The zero-order valence-electron chi connectivity index (χ0n) is 10.2. The van der Waals surface area contributed by atoms with Crippen LogP contribution in [-0.4, -0.2) is 10.7 Å². The van der Waals surface area contributed by atoms with Crippen molar-refractivity contribution in [3.8, 4) is 0 Å². The molecule has 2 aromatic carbocycles. The van der Waals surface area contributed by atoms with Crippen molar-refractivity contribution in [3.05, 3.63) is 77.4 Å². The molecule has 2 aromatic rings. The number of benzene rings is 2. The highest BCUT2D eigenvalue weighted by molar-refractivity contribution is 7.78. The SMILES string of the molecule is S=C=C1C(c2ccccc2)=NNC1c1ccccc1. The first kappa shape index (κ1) is 11.8. The quantitative estimate of drug-likeness (QED) is 0.842. The van der Waals surface area contributed by atoms with E-state index in [0.717, 1.165) is 22.4 Å². The fraction of sp³-hybridized carbons (Fsp3) is 0.0625. The summed E-state index contributed by atoms with van der Waals surface area (Å²) in [5.41, 5.74) is 7.15. The molecule has 1 heterocycles. The molecular formula is C16H12N2S. The highest BCUT2D eigenvalue weighted by Crippen LogP contribution is 2.27. The minimum absolute atomic E-state index is 0.00564. The Hall–Kier alpha value is -2.22. The van der Waals surface area contributed by atoms with Gasteiger partial charge in [-0.15, -0.1) is 0 Å². The maximum atomic E-state index is 5.06. The van der Waals surface area contributed by atoms with Crippen molar-refractivity contribution in [3.63, 3.8) is 0 Å². The standard InChI is InChI=1S/C16H12N2S/c19-11-14-15(12-7-3-1-4-8-12)17-18-16(14)13-9-5-2-6-10-13/h1-10,15,17H. The fourth-order valence-electron chi connectivity index (χ4n) is 2.20. The van der Waals surface area contributed by atoms with E-state index in [0.29, 0.717) is 0 Å². The second-order valence-corrected chi connectivity index (χ2v) is 4.52. The summed E-state index contributed by atoms with van der Waals surface area (Å²) in [5, 5.41) is 7.28. The van der Waals surface area contributed by atoms with Crippen LogP contribution in [0, 0.1) is 0 Å². The van der Waals surface area contributed by atoms with E-state index < -0.39 is 0 Å². The van der Waals surface area contributed by atoms with Crippen LogP contribution < -0.4 is 5.43 Å². The zero-order valence-corrected chi connectivity index (χ0v) is 11.0. The lowest BCUT2D eigenvalue weighted by Crippen LogP contribution is -2.13. The van der Waals surface area contributed by atoms with Crippen LogP contribution in [0.15, 0.2) is 71.3 Å². The van der Waals surface area contributed by atoms with E-state index in [4.69, 9.17) is 12.2 Å². The van der Waals surface area contributed by atoms with Crippen molar-refractivity contribution in [2.24, 2.45) is 5.10 Å². The number of nitrogens with zero attached hydrogens (tertiary/aromatic N) is 1. The summed E-state index contributed by atoms with van der Waals surface area (Å²) in [4.78, 5) is 0. The highest BCUT2D eigenvalue weighted by atomic mass is 32.1. The van der Waals surface area contributed by atoms with Gasteiger partial charge in [0.15, 0.2) is 0 Å². The van der Waals surface area contributed by atoms with Crippen LogP contribution in [0.3, 0.4) is 0 Å². The molecule has 0 bridgehead atoms. The minimum atomic E-state index is -0.00564. The summed E-state index contributed by atoms with van der Waals surface area (Å²) in [5.74, 6) is 0. The van der Waals surface area contributed by atoms with Crippen molar-refractivity contribution < 1.29 is 0 Å². The maximum Gasteiger partial charge on any atom is 0.104 e. The van der Waals surface area contributed by atoms with Gasteiger partial charge in [-0.25, -0.2) is 0 Å². The summed E-state index contributed by atoms with van der Waals surface area (Å²) in [6, 6.07) is 20.2. The molecule has 0 spiro atoms. The van der Waals surface area contributed by atoms with Crippen LogP contribution in [0.4, 0.5) is 0 Å². The molecule has 0 radical (unpaired) electrons. The topological polar surface area (TPSA) is 24.4 Å². The molecule has 0 aliphatic carbocycles. The minimum Gasteiger partial charge on any atom is -0.297 e. The van der Waals surface area contributed by atoms with Gasteiger partial charge >= 0.3 is 0 Å². The number of hydrogen-bond donors (Lipinski definition) is 1. The summed E-state index contributed by atoms with van der Waals surface area (Å²) >= 11 is 5.06. The molecule has 0 fully saturated rings. The second kappa shape index (κ2) is 5.19. The molecular weight excluding hydrogens is 252 g/mol. The summed E-state index contributed by atoms with van der Waals surface area (Å²) in [6.07, 6.45) is 0. The monoisotopic (exact) mass is 264 g/mol. The molecule has 1 unspecified atom stereocenters. The van der Waals surface area contributed by atoms with Gasteiger partial charge in [-0.2, -0.15) is 5.10 Å². The lowest BCUT2D eigenvalue weighted by Gasteiger charge is -2.11. The number of hydrogen-bond acceptors (Lipinski definition) is 3. The van der Waals surface area contributed by atoms with Crippen molar-refractivity contribution in [1.29, 1.82) is 0 Å². The first-order chi connectivity index (χ1) is 9.40. The summed E-state index contributed by atoms with van der Waals surface area (Å²) in [7, 11) is 0. The molecule has 3 heteroatoms. The molecule has 1 aliphatic rings. The van der Waals surface area contributed by atoms with E-state index in [-0.39, 0.29) is 6.04 Å². The Balaban J connectivity index is 1.98. The summed E-state index contributed by atoms with van der Waals surface area (Å²) < 4.78 is 0. The van der Waals surface area contributed by atoms with Gasteiger partial charge in [0.05, 0.1) is 5.57 Å². The van der Waals surface area contributed by atoms with Gasteiger partial charge in [0.2, 0.25) is 0 Å². The Morgan fingerprint density at radius 1 is 0.947 bits per heavy atom. The molecule has 0 aromatic heterocycles. The van der Waals surface area contributed by atoms with Gasteiger partial charge in [-0.1, -0.05) is 60.7 Å². The van der Waals surface area contributed by atoms with Crippen LogP contribution in [0.5, 0.6) is 0 Å². The van der Waals surface area contributed by atoms with Crippen molar-refractivity contribution in [2.45, 2.75) is 6.04 Å². The molecule has 0 saturated heterocycles. The molecule has 3 rings (SSSR count). The average Bonchev–Trinajstić information content (AvgIpc) is 2.93. The number of thiocarbonyl (C=S) groups is 1. The predicted molar refractivity (Wildman–Crippen MR) is 81.4 cm³/mol. The largest absolute Gasteiger partial charge is 0.297 e. The van der Waals surface area contributed by atoms with Gasteiger partial charge in [-0.05, 0) is 22.8 Å². The van der Waals surface area contributed by atoms with Crippen LogP contribution >= 0.6 is 12.2 Å².